The van der Waals surface area contributed by atoms with Crippen molar-refractivity contribution in [3.8, 4) is 0 Å². The molecule has 0 aromatic heterocycles. The number of nitrogens with one attached hydrogen (secondary N) is 1. The van der Waals surface area contributed by atoms with Crippen molar-refractivity contribution in [1.82, 2.24) is 10.2 Å². The van der Waals surface area contributed by atoms with Crippen LogP contribution in [0.4, 0.5) is 4.79 Å². The van der Waals surface area contributed by atoms with Crippen LogP contribution in [0.25, 0.3) is 0 Å². The molecule has 0 aromatic carbocycles. The predicted molar refractivity (Wildman–Crippen MR) is 87.0 cm³/mol. The Bertz CT molecular complexity index is 348. The number of ether oxygens (including phenoxy) is 2. The van der Waals surface area contributed by atoms with Crippen molar-refractivity contribution in [2.24, 2.45) is 5.92 Å². The minimum absolute atomic E-state index is 0.169. The van der Waals surface area contributed by atoms with E-state index in [2.05, 4.69) is 5.32 Å². The van der Waals surface area contributed by atoms with Gasteiger partial charge in [-0.3, -0.25) is 0 Å². The first-order chi connectivity index (χ1) is 10.4. The lowest BCUT2D eigenvalue weighted by atomic mass is 9.92. The van der Waals surface area contributed by atoms with Crippen LogP contribution >= 0.6 is 0 Å². The van der Waals surface area contributed by atoms with Gasteiger partial charge in [-0.15, -0.1) is 0 Å². The summed E-state index contributed by atoms with van der Waals surface area (Å²) in [6, 6.07) is 0. The number of hydrogen-bond donors (Lipinski definition) is 1. The fourth-order valence-electron chi connectivity index (χ4n) is 3.19. The molecular weight excluding hydrogens is 280 g/mol. The summed E-state index contributed by atoms with van der Waals surface area (Å²) in [5, 5.41) is 3.41. The lowest BCUT2D eigenvalue weighted by Gasteiger charge is -2.34. The highest BCUT2D eigenvalue weighted by Crippen LogP contribution is 2.21. The van der Waals surface area contributed by atoms with Crippen LogP contribution in [0.2, 0.25) is 0 Å². The first-order valence-electron chi connectivity index (χ1n) is 8.74. The van der Waals surface area contributed by atoms with Crippen molar-refractivity contribution in [2.45, 2.75) is 64.6 Å². The summed E-state index contributed by atoms with van der Waals surface area (Å²) in [4.78, 5) is 13.9. The van der Waals surface area contributed by atoms with Gasteiger partial charge in [0.25, 0.3) is 0 Å². The maximum absolute atomic E-state index is 12.1. The highest BCUT2D eigenvalue weighted by molar-refractivity contribution is 5.68. The third-order valence-corrected chi connectivity index (χ3v) is 4.39. The normalized spacial score (nSPS) is 24.3. The molecule has 128 valence electrons. The zero-order valence-corrected chi connectivity index (χ0v) is 14.4. The maximum Gasteiger partial charge on any atom is 0.410 e. The fraction of sp³-hybridized carbons (Fsp3) is 0.941. The predicted octanol–water partition coefficient (Wildman–Crippen LogP) is 2.79. The lowest BCUT2D eigenvalue weighted by molar-refractivity contribution is -0.0454. The van der Waals surface area contributed by atoms with Crippen molar-refractivity contribution in [2.75, 3.05) is 32.8 Å². The maximum atomic E-state index is 12.1. The minimum Gasteiger partial charge on any atom is -0.444 e. The van der Waals surface area contributed by atoms with E-state index in [-0.39, 0.29) is 12.2 Å². The molecule has 2 aliphatic heterocycles. The van der Waals surface area contributed by atoms with Gasteiger partial charge in [0.2, 0.25) is 0 Å². The Morgan fingerprint density at radius 2 is 2.00 bits per heavy atom. The number of carbonyl (C=O) groups excluding carboxylic acids is 1. The Labute approximate surface area is 134 Å². The molecule has 0 aliphatic carbocycles. The molecule has 0 saturated carbocycles. The van der Waals surface area contributed by atoms with Gasteiger partial charge in [-0.25, -0.2) is 4.79 Å². The Hall–Kier alpha value is -0.810. The van der Waals surface area contributed by atoms with E-state index in [1.807, 2.05) is 20.8 Å². The summed E-state index contributed by atoms with van der Waals surface area (Å²) in [6.45, 7) is 9.97. The van der Waals surface area contributed by atoms with E-state index in [0.717, 1.165) is 25.4 Å². The van der Waals surface area contributed by atoms with E-state index in [1.54, 1.807) is 4.90 Å². The second kappa shape index (κ2) is 8.16. The van der Waals surface area contributed by atoms with Crippen LogP contribution in [-0.4, -0.2) is 55.5 Å². The summed E-state index contributed by atoms with van der Waals surface area (Å²) < 4.78 is 11.3. The van der Waals surface area contributed by atoms with Crippen molar-refractivity contribution in [3.05, 3.63) is 0 Å². The van der Waals surface area contributed by atoms with Crippen LogP contribution < -0.4 is 5.32 Å². The first kappa shape index (κ1) is 17.5. The Morgan fingerprint density at radius 3 is 2.68 bits per heavy atom. The largest absolute Gasteiger partial charge is 0.444 e. The first-order valence-corrected chi connectivity index (χ1v) is 8.74. The molecule has 0 radical (unpaired) electrons. The van der Waals surface area contributed by atoms with Gasteiger partial charge in [0.15, 0.2) is 0 Å². The van der Waals surface area contributed by atoms with E-state index in [0.29, 0.717) is 19.7 Å². The molecule has 1 unspecified atom stereocenters. The molecule has 1 amide bonds. The standard InChI is InChI=1S/C17H32N2O3/c1-17(2,3)22-16(20)19-11-12-21-15(13-19)6-4-5-14-7-9-18-10-8-14/h14-15,18H,4-13H2,1-3H3. The van der Waals surface area contributed by atoms with Gasteiger partial charge in [0.1, 0.15) is 5.60 Å². The summed E-state index contributed by atoms with van der Waals surface area (Å²) in [7, 11) is 0. The minimum atomic E-state index is -0.431. The smallest absolute Gasteiger partial charge is 0.410 e. The van der Waals surface area contributed by atoms with Crippen molar-refractivity contribution < 1.29 is 14.3 Å². The molecule has 0 bridgehead atoms. The van der Waals surface area contributed by atoms with Gasteiger partial charge in [0.05, 0.1) is 19.3 Å². The van der Waals surface area contributed by atoms with Crippen LogP contribution in [-0.2, 0) is 9.47 Å². The molecule has 2 rings (SSSR count). The average Bonchev–Trinajstić information content (AvgIpc) is 2.47. The number of carbonyl (C=O) groups is 1. The topological polar surface area (TPSA) is 50.8 Å². The van der Waals surface area contributed by atoms with Crippen LogP contribution in [0.5, 0.6) is 0 Å². The van der Waals surface area contributed by atoms with Crippen LogP contribution in [0.3, 0.4) is 0 Å². The molecule has 5 nitrogen and oxygen atoms in total. The number of piperidine rings is 1. The Balaban J connectivity index is 1.67. The average molecular weight is 312 g/mol. The molecule has 5 heteroatoms. The third kappa shape index (κ3) is 6.13. The van der Waals surface area contributed by atoms with Gasteiger partial charge in [-0.2, -0.15) is 0 Å². The summed E-state index contributed by atoms with van der Waals surface area (Å²) in [5.41, 5.74) is -0.431. The number of morpholine rings is 1. The number of amides is 1. The van der Waals surface area contributed by atoms with Gasteiger partial charge >= 0.3 is 6.09 Å². The summed E-state index contributed by atoms with van der Waals surface area (Å²) >= 11 is 0. The lowest BCUT2D eigenvalue weighted by Crippen LogP contribution is -2.47. The third-order valence-electron chi connectivity index (χ3n) is 4.39. The van der Waals surface area contributed by atoms with E-state index in [1.165, 1.54) is 25.7 Å². The Kier molecular flexibility index (Phi) is 6.50. The van der Waals surface area contributed by atoms with E-state index >= 15 is 0 Å². The molecule has 2 aliphatic rings. The molecule has 2 saturated heterocycles. The highest BCUT2D eigenvalue weighted by atomic mass is 16.6. The SMILES string of the molecule is CC(C)(C)OC(=O)N1CCOC(CCCC2CCNCC2)C1. The molecule has 1 atom stereocenters. The molecule has 2 heterocycles. The molecule has 0 spiro atoms. The van der Waals surface area contributed by atoms with Crippen molar-refractivity contribution in [3.63, 3.8) is 0 Å². The zero-order chi connectivity index (χ0) is 16.0. The second-order valence-electron chi connectivity index (χ2n) is 7.54. The molecule has 2 fully saturated rings. The number of hydrogen-bond acceptors (Lipinski definition) is 4. The van der Waals surface area contributed by atoms with Crippen LogP contribution in [0.1, 0.15) is 52.9 Å². The molecule has 0 aromatic rings. The summed E-state index contributed by atoms with van der Waals surface area (Å²) in [5.74, 6) is 0.867. The van der Waals surface area contributed by atoms with Crippen molar-refractivity contribution >= 4 is 6.09 Å². The molecular formula is C17H32N2O3. The number of rotatable bonds is 4. The molecule has 1 N–H and O–H groups in total. The van der Waals surface area contributed by atoms with Crippen LogP contribution in [0, 0.1) is 5.92 Å². The highest BCUT2D eigenvalue weighted by Gasteiger charge is 2.28. The van der Waals surface area contributed by atoms with Gasteiger partial charge < -0.3 is 19.7 Å². The van der Waals surface area contributed by atoms with Gasteiger partial charge in [0, 0.05) is 6.54 Å². The van der Waals surface area contributed by atoms with Gasteiger partial charge in [-0.05, 0) is 59.0 Å². The van der Waals surface area contributed by atoms with E-state index < -0.39 is 5.60 Å². The van der Waals surface area contributed by atoms with E-state index in [4.69, 9.17) is 9.47 Å². The second-order valence-corrected chi connectivity index (χ2v) is 7.54. The summed E-state index contributed by atoms with van der Waals surface area (Å²) in [6.07, 6.45) is 6.09. The Morgan fingerprint density at radius 1 is 1.27 bits per heavy atom. The van der Waals surface area contributed by atoms with Gasteiger partial charge in [-0.1, -0.05) is 12.8 Å². The van der Waals surface area contributed by atoms with E-state index in [9.17, 15) is 4.79 Å². The fourth-order valence-corrected chi connectivity index (χ4v) is 3.19. The quantitative estimate of drug-likeness (QED) is 0.867. The van der Waals surface area contributed by atoms with Crippen molar-refractivity contribution in [1.29, 1.82) is 0 Å². The monoisotopic (exact) mass is 312 g/mol. The van der Waals surface area contributed by atoms with Crippen LogP contribution in [0.15, 0.2) is 0 Å². The molecule has 22 heavy (non-hydrogen) atoms. The number of nitrogens with zero attached hydrogens (tertiary/aromatic N) is 1. The zero-order valence-electron chi connectivity index (χ0n) is 14.4.